The second-order valence-corrected chi connectivity index (χ2v) is 8.56. The highest BCUT2D eigenvalue weighted by Crippen LogP contribution is 2.34. The van der Waals surface area contributed by atoms with Crippen LogP contribution < -0.4 is 10.2 Å². The van der Waals surface area contributed by atoms with Crippen LogP contribution in [0.25, 0.3) is 0 Å². The third-order valence-corrected chi connectivity index (χ3v) is 6.38. The molecule has 1 aromatic heterocycles. The predicted molar refractivity (Wildman–Crippen MR) is 123 cm³/mol. The minimum atomic E-state index is -1.15. The molecule has 34 heavy (non-hydrogen) atoms. The molecule has 1 atom stereocenters. The van der Waals surface area contributed by atoms with Crippen molar-refractivity contribution in [2.75, 3.05) is 37.6 Å². The number of hydrogen-bond acceptors (Lipinski definition) is 7. The van der Waals surface area contributed by atoms with Crippen molar-refractivity contribution in [3.05, 3.63) is 47.5 Å². The van der Waals surface area contributed by atoms with Crippen LogP contribution in [0.5, 0.6) is 0 Å². The number of carbonyl (C=O) groups is 3. The lowest BCUT2D eigenvalue weighted by molar-refractivity contribution is -0.139. The lowest BCUT2D eigenvalue weighted by Gasteiger charge is -2.35. The van der Waals surface area contributed by atoms with Gasteiger partial charge in [-0.2, -0.15) is 5.26 Å². The number of carbonyl (C=O) groups excluding carboxylic acids is 3. The van der Waals surface area contributed by atoms with Gasteiger partial charge >= 0.3 is 6.03 Å². The van der Waals surface area contributed by atoms with Gasteiger partial charge in [0.1, 0.15) is 18.2 Å². The van der Waals surface area contributed by atoms with Crippen molar-refractivity contribution in [1.82, 2.24) is 20.1 Å². The van der Waals surface area contributed by atoms with E-state index in [4.69, 9.17) is 4.42 Å². The Morgan fingerprint density at radius 1 is 1.21 bits per heavy atom. The summed E-state index contributed by atoms with van der Waals surface area (Å²) in [5.74, 6) is 0.134. The van der Waals surface area contributed by atoms with Crippen LogP contribution in [0.2, 0.25) is 0 Å². The number of amides is 4. The fraction of sp³-hybridized carbons (Fsp3) is 0.458. The average molecular weight is 465 g/mol. The Morgan fingerprint density at radius 2 is 1.91 bits per heavy atom. The maximum atomic E-state index is 13.5. The number of piperazine rings is 1. The van der Waals surface area contributed by atoms with E-state index in [2.05, 4.69) is 10.3 Å². The fourth-order valence-electron chi connectivity index (χ4n) is 4.54. The normalized spacial score (nSPS) is 20.4. The van der Waals surface area contributed by atoms with E-state index in [1.807, 2.05) is 48.2 Å². The molecule has 0 spiro atoms. The zero-order valence-corrected chi connectivity index (χ0v) is 19.4. The third-order valence-electron chi connectivity index (χ3n) is 6.38. The molecule has 2 fully saturated rings. The highest BCUT2D eigenvalue weighted by molar-refractivity contribution is 6.09. The molecule has 4 rings (SSSR count). The van der Waals surface area contributed by atoms with E-state index in [1.54, 1.807) is 11.8 Å². The van der Waals surface area contributed by atoms with Gasteiger partial charge in [-0.05, 0) is 12.0 Å². The van der Waals surface area contributed by atoms with Gasteiger partial charge in [0.2, 0.25) is 17.5 Å². The molecule has 0 radical (unpaired) electrons. The first-order chi connectivity index (χ1) is 16.4. The zero-order valence-electron chi connectivity index (χ0n) is 19.4. The summed E-state index contributed by atoms with van der Waals surface area (Å²) in [5, 5.41) is 12.1. The van der Waals surface area contributed by atoms with Gasteiger partial charge in [-0.1, -0.05) is 50.1 Å². The Balaban J connectivity index is 1.43. The van der Waals surface area contributed by atoms with Gasteiger partial charge in [0.15, 0.2) is 5.89 Å². The maximum absolute atomic E-state index is 13.5. The number of unbranched alkanes of at least 4 members (excludes halogenated alkanes) is 1. The van der Waals surface area contributed by atoms with Crippen LogP contribution >= 0.6 is 0 Å². The van der Waals surface area contributed by atoms with Crippen LogP contribution in [0.3, 0.4) is 0 Å². The average Bonchev–Trinajstić information content (AvgIpc) is 3.36. The standard InChI is InChI=1S/C24H28N6O4/c1-3-4-10-24(18-8-6-5-7-9-18)22(32)30(23(33)27-24)16-20(31)28-11-13-29(14-12-28)21-19(15-25)26-17(2)34-21/h5-9H,3-4,10-14,16H2,1-2H3,(H,27,33). The van der Waals surface area contributed by atoms with Gasteiger partial charge in [0, 0.05) is 33.1 Å². The summed E-state index contributed by atoms with van der Waals surface area (Å²) in [6.45, 7) is 5.08. The number of hydrogen-bond donors (Lipinski definition) is 1. The summed E-state index contributed by atoms with van der Waals surface area (Å²) in [5.41, 5.74) is -0.201. The molecule has 2 aliphatic heterocycles. The number of nitriles is 1. The maximum Gasteiger partial charge on any atom is 0.325 e. The number of urea groups is 1. The Morgan fingerprint density at radius 3 is 2.56 bits per heavy atom. The van der Waals surface area contributed by atoms with Crippen molar-refractivity contribution < 1.29 is 18.8 Å². The third kappa shape index (κ3) is 4.21. The molecule has 0 saturated carbocycles. The van der Waals surface area contributed by atoms with E-state index < -0.39 is 11.6 Å². The topological polar surface area (TPSA) is 123 Å². The molecule has 10 heteroatoms. The van der Waals surface area contributed by atoms with E-state index in [0.29, 0.717) is 44.4 Å². The number of imide groups is 1. The molecule has 0 bridgehead atoms. The minimum Gasteiger partial charge on any atom is -0.424 e. The van der Waals surface area contributed by atoms with Crippen LogP contribution in [-0.2, 0) is 15.1 Å². The number of aryl methyl sites for hydroxylation is 1. The highest BCUT2D eigenvalue weighted by Gasteiger charge is 2.52. The van der Waals surface area contributed by atoms with Crippen LogP contribution in [0.1, 0.15) is 43.3 Å². The Labute approximate surface area is 198 Å². The first-order valence-electron chi connectivity index (χ1n) is 11.5. The van der Waals surface area contributed by atoms with Crippen molar-refractivity contribution >= 4 is 23.7 Å². The van der Waals surface area contributed by atoms with Crippen LogP contribution in [0, 0.1) is 18.3 Å². The van der Waals surface area contributed by atoms with Crippen molar-refractivity contribution in [2.24, 2.45) is 0 Å². The zero-order chi connectivity index (χ0) is 24.3. The lowest BCUT2D eigenvalue weighted by atomic mass is 9.85. The summed E-state index contributed by atoms with van der Waals surface area (Å²) < 4.78 is 5.56. The SMILES string of the molecule is CCCCC1(c2ccccc2)NC(=O)N(CC(=O)N2CCN(c3oc(C)nc3C#N)CC2)C1=O. The number of anilines is 1. The molecule has 2 aliphatic rings. The van der Waals surface area contributed by atoms with Crippen LogP contribution in [0.15, 0.2) is 34.7 Å². The first kappa shape index (κ1) is 23.3. The number of aromatic nitrogens is 1. The predicted octanol–water partition coefficient (Wildman–Crippen LogP) is 2.14. The smallest absolute Gasteiger partial charge is 0.325 e. The summed E-state index contributed by atoms with van der Waals surface area (Å²) >= 11 is 0. The summed E-state index contributed by atoms with van der Waals surface area (Å²) in [6, 6.07) is 10.7. The molecule has 2 saturated heterocycles. The monoisotopic (exact) mass is 464 g/mol. The van der Waals surface area contributed by atoms with E-state index in [-0.39, 0.29) is 24.1 Å². The highest BCUT2D eigenvalue weighted by atomic mass is 16.4. The second kappa shape index (κ2) is 9.55. The number of nitrogens with zero attached hydrogens (tertiary/aromatic N) is 5. The van der Waals surface area contributed by atoms with E-state index >= 15 is 0 Å². The van der Waals surface area contributed by atoms with Gasteiger partial charge in [0.05, 0.1) is 0 Å². The Hall–Kier alpha value is -3.87. The Kier molecular flexibility index (Phi) is 6.54. The number of rotatable bonds is 7. The first-order valence-corrected chi connectivity index (χ1v) is 11.5. The quantitative estimate of drug-likeness (QED) is 0.623. The van der Waals surface area contributed by atoms with Crippen molar-refractivity contribution in [1.29, 1.82) is 5.26 Å². The molecule has 4 amide bonds. The second-order valence-electron chi connectivity index (χ2n) is 8.56. The fourth-order valence-corrected chi connectivity index (χ4v) is 4.54. The van der Waals surface area contributed by atoms with Gasteiger partial charge in [-0.3, -0.25) is 14.5 Å². The Bertz CT molecular complexity index is 1120. The van der Waals surface area contributed by atoms with E-state index in [9.17, 15) is 19.6 Å². The molecular weight excluding hydrogens is 436 g/mol. The molecule has 1 unspecified atom stereocenters. The lowest BCUT2D eigenvalue weighted by Crippen LogP contribution is -2.52. The molecule has 3 heterocycles. The van der Waals surface area contributed by atoms with Gasteiger partial charge in [0.25, 0.3) is 5.91 Å². The molecule has 10 nitrogen and oxygen atoms in total. The van der Waals surface area contributed by atoms with Crippen molar-refractivity contribution in [3.63, 3.8) is 0 Å². The number of oxazole rings is 1. The molecule has 2 aromatic rings. The molecular formula is C24H28N6O4. The summed E-state index contributed by atoms with van der Waals surface area (Å²) in [4.78, 5) is 47.9. The largest absolute Gasteiger partial charge is 0.424 e. The van der Waals surface area contributed by atoms with Crippen molar-refractivity contribution in [2.45, 2.75) is 38.6 Å². The summed E-state index contributed by atoms with van der Waals surface area (Å²) in [6.07, 6.45) is 2.11. The molecule has 178 valence electrons. The molecule has 1 aromatic carbocycles. The number of benzene rings is 1. The van der Waals surface area contributed by atoms with Gasteiger partial charge < -0.3 is 19.5 Å². The van der Waals surface area contributed by atoms with Gasteiger partial charge in [-0.15, -0.1) is 0 Å². The molecule has 1 N–H and O–H groups in total. The van der Waals surface area contributed by atoms with Crippen LogP contribution in [0.4, 0.5) is 10.7 Å². The minimum absolute atomic E-state index is 0.223. The molecule has 0 aliphatic carbocycles. The van der Waals surface area contributed by atoms with Crippen LogP contribution in [-0.4, -0.2) is 65.4 Å². The summed E-state index contributed by atoms with van der Waals surface area (Å²) in [7, 11) is 0. The number of nitrogens with one attached hydrogen (secondary N) is 1. The van der Waals surface area contributed by atoms with E-state index in [1.165, 1.54) is 0 Å². The van der Waals surface area contributed by atoms with E-state index in [0.717, 1.165) is 23.3 Å². The van der Waals surface area contributed by atoms with Crippen molar-refractivity contribution in [3.8, 4) is 6.07 Å². The van der Waals surface area contributed by atoms with Gasteiger partial charge in [-0.25, -0.2) is 9.78 Å².